The molecule has 3 aromatic heterocycles. The molecule has 0 saturated carbocycles. The monoisotopic (exact) mass is 344 g/mol. The van der Waals surface area contributed by atoms with Crippen molar-refractivity contribution >= 4 is 7.32 Å². The Kier molecular flexibility index (Phi) is 4.43. The van der Waals surface area contributed by atoms with Gasteiger partial charge in [0.25, 0.3) is 0 Å². The van der Waals surface area contributed by atoms with Crippen molar-refractivity contribution < 1.29 is 14.3 Å². The lowest BCUT2D eigenvalue weighted by Crippen LogP contribution is -2.50. The Morgan fingerprint density at radius 2 is 0.880 bits per heavy atom. The molecule has 0 radical (unpaired) electrons. The highest BCUT2D eigenvalue weighted by Gasteiger charge is 2.36. The van der Waals surface area contributed by atoms with Gasteiger partial charge < -0.3 is 14.3 Å². The summed E-state index contributed by atoms with van der Waals surface area (Å²) < 4.78 is 17.2. The van der Waals surface area contributed by atoms with E-state index < -0.39 is 7.32 Å². The lowest BCUT2D eigenvalue weighted by atomic mass is 10.3. The summed E-state index contributed by atoms with van der Waals surface area (Å²) in [4.78, 5) is 4.08. The van der Waals surface area contributed by atoms with Crippen LogP contribution in [0.25, 0.3) is 0 Å². The molecule has 0 aliphatic rings. The van der Waals surface area contributed by atoms with Crippen LogP contribution in [0.1, 0.15) is 34.2 Å². The second kappa shape index (κ2) is 6.54. The Morgan fingerprint density at radius 3 is 1.08 bits per heavy atom. The Morgan fingerprint density at radius 1 is 0.600 bits per heavy atom. The zero-order valence-corrected chi connectivity index (χ0v) is 15.2. The molecule has 0 aromatic carbocycles. The normalized spacial score (nSPS) is 10.8. The molecule has 0 bridgehead atoms. The van der Waals surface area contributed by atoms with Crippen LogP contribution in [0.5, 0.6) is 0 Å². The molecule has 3 heterocycles. The van der Waals surface area contributed by atoms with E-state index in [-0.39, 0.29) is 0 Å². The van der Waals surface area contributed by atoms with Gasteiger partial charge in [0, 0.05) is 0 Å². The summed E-state index contributed by atoms with van der Waals surface area (Å²) in [6.45, 7) is 11.3. The summed E-state index contributed by atoms with van der Waals surface area (Å²) in [6.07, 6.45) is 0. The average molecular weight is 344 g/mol. The van der Waals surface area contributed by atoms with Crippen molar-refractivity contribution in [2.45, 2.75) is 41.5 Å². The third kappa shape index (κ3) is 3.78. The highest BCUT2D eigenvalue weighted by molar-refractivity contribution is 6.37. The molecule has 0 aliphatic carbocycles. The van der Waals surface area contributed by atoms with E-state index >= 15 is 0 Å². The van der Waals surface area contributed by atoms with Gasteiger partial charge in [-0.25, -0.2) is 0 Å². The molecule has 25 heavy (non-hydrogen) atoms. The molecule has 0 unspecified atom stereocenters. The van der Waals surface area contributed by atoms with Crippen molar-refractivity contribution in [3.8, 4) is 0 Å². The third-order valence-electron chi connectivity index (χ3n) is 3.46. The molecule has 0 atom stereocenters. The van der Waals surface area contributed by atoms with Crippen molar-refractivity contribution in [2.24, 2.45) is 0 Å². The number of aromatic nitrogens is 6. The van der Waals surface area contributed by atoms with Crippen LogP contribution in [0, 0.1) is 41.5 Å². The zero-order chi connectivity index (χ0) is 18.1. The number of nitrogens with zero attached hydrogens (tertiary/aromatic N) is 6. The van der Waals surface area contributed by atoms with Gasteiger partial charge in [0.05, 0.1) is 34.2 Å². The van der Waals surface area contributed by atoms with E-state index in [0.29, 0.717) is 0 Å². The molecular weight excluding hydrogens is 323 g/mol. The average Bonchev–Trinajstić information content (AvgIpc) is 3.10. The van der Waals surface area contributed by atoms with Crippen molar-refractivity contribution in [3.63, 3.8) is 0 Å². The third-order valence-corrected chi connectivity index (χ3v) is 3.46. The van der Waals surface area contributed by atoms with E-state index in [1.54, 1.807) is 0 Å². The van der Waals surface area contributed by atoms with Crippen LogP contribution in [-0.4, -0.2) is 37.2 Å². The lowest BCUT2D eigenvalue weighted by molar-refractivity contribution is 0.0351. The molecule has 9 nitrogen and oxygen atoms in total. The van der Waals surface area contributed by atoms with Crippen LogP contribution < -0.4 is 14.3 Å². The molecule has 3 aromatic rings. The number of hydrogen-bond donors (Lipinski definition) is 0. The summed E-state index contributed by atoms with van der Waals surface area (Å²) in [7, 11) is -1.14. The molecule has 0 spiro atoms. The first-order valence-corrected chi connectivity index (χ1v) is 7.93. The molecule has 0 aliphatic heterocycles. The predicted octanol–water partition coefficient (Wildman–Crippen LogP) is 0.798. The highest BCUT2D eigenvalue weighted by atomic mass is 16.9. The number of aryl methyl sites for hydroxylation is 6. The first-order valence-electron chi connectivity index (χ1n) is 7.93. The van der Waals surface area contributed by atoms with Crippen LogP contribution in [0.2, 0.25) is 0 Å². The zero-order valence-electron chi connectivity index (χ0n) is 15.2. The first kappa shape index (κ1) is 16.9. The quantitative estimate of drug-likeness (QED) is 0.615. The van der Waals surface area contributed by atoms with E-state index in [0.717, 1.165) is 34.2 Å². The van der Waals surface area contributed by atoms with Gasteiger partial charge in [-0.1, -0.05) is 0 Å². The molecule has 0 N–H and O–H groups in total. The van der Waals surface area contributed by atoms with Gasteiger partial charge in [-0.3, -0.25) is 0 Å². The van der Waals surface area contributed by atoms with Gasteiger partial charge in [-0.05, 0) is 59.7 Å². The molecule has 10 heteroatoms. The minimum atomic E-state index is -1.14. The second-order valence-corrected chi connectivity index (χ2v) is 6.01. The fourth-order valence-electron chi connectivity index (χ4n) is 2.45. The fourth-order valence-corrected chi connectivity index (χ4v) is 2.45. The largest absolute Gasteiger partial charge is 0.929 e. The van der Waals surface area contributed by atoms with E-state index in [2.05, 4.69) is 15.3 Å². The van der Waals surface area contributed by atoms with Crippen molar-refractivity contribution in [2.75, 3.05) is 0 Å². The Bertz CT molecular complexity index is 769. The van der Waals surface area contributed by atoms with Crippen molar-refractivity contribution in [1.29, 1.82) is 0 Å². The van der Waals surface area contributed by atoms with Crippen LogP contribution in [0.4, 0.5) is 0 Å². The number of rotatable bonds is 6. The van der Waals surface area contributed by atoms with E-state index in [9.17, 15) is 0 Å². The van der Waals surface area contributed by atoms with Gasteiger partial charge in [-0.2, -0.15) is 0 Å². The maximum absolute atomic E-state index is 5.74. The van der Waals surface area contributed by atoms with Crippen LogP contribution in [0.15, 0.2) is 18.2 Å². The van der Waals surface area contributed by atoms with Crippen LogP contribution in [-0.2, 0) is 0 Å². The smallest absolute Gasteiger partial charge is 0.380 e. The van der Waals surface area contributed by atoms with Crippen LogP contribution in [0.3, 0.4) is 0 Å². The van der Waals surface area contributed by atoms with E-state index in [1.165, 1.54) is 14.5 Å². The summed E-state index contributed by atoms with van der Waals surface area (Å²) in [5.74, 6) is 0. The minimum Gasteiger partial charge on any atom is -0.380 e. The molecule has 0 fully saturated rings. The molecule has 3 rings (SSSR count). The molecule has 0 amide bonds. The first-order chi connectivity index (χ1) is 11.8. The van der Waals surface area contributed by atoms with Gasteiger partial charge in [0.2, 0.25) is 0 Å². The topological polar surface area (TPSA) is 81.1 Å². The highest BCUT2D eigenvalue weighted by Crippen LogP contribution is 2.04. The standard InChI is InChI=1S/C15H21BN6O3/c1-10-7-13(4)20(17-10)23-16(24-21-14(5)8-11(2)18-21)25-22-15(6)9-12(3)19-22/h7-9H,1-6H3. The number of hydrogen-bond acceptors (Lipinski definition) is 6. The second-order valence-electron chi connectivity index (χ2n) is 6.01. The maximum atomic E-state index is 5.74. The van der Waals surface area contributed by atoms with E-state index in [4.69, 9.17) is 14.3 Å². The lowest BCUT2D eigenvalue weighted by Gasteiger charge is -2.16. The van der Waals surface area contributed by atoms with Crippen molar-refractivity contribution in [1.82, 2.24) is 29.8 Å². The molecular formula is C15H21BN6O3. The molecule has 132 valence electrons. The van der Waals surface area contributed by atoms with Crippen molar-refractivity contribution in [3.05, 3.63) is 52.4 Å². The minimum absolute atomic E-state index is 0.816. The Hall–Kier alpha value is -2.91. The summed E-state index contributed by atoms with van der Waals surface area (Å²) in [5, 5.41) is 12.8. The SMILES string of the molecule is Cc1cc(C)n(OB(On2nc(C)cc2C)On2nc(C)cc2C)n1. The maximum Gasteiger partial charge on any atom is 0.929 e. The van der Waals surface area contributed by atoms with Gasteiger partial charge in [-0.15, -0.1) is 29.8 Å². The van der Waals surface area contributed by atoms with E-state index in [1.807, 2.05) is 59.7 Å². The predicted molar refractivity (Wildman–Crippen MR) is 90.6 cm³/mol. The van der Waals surface area contributed by atoms with Crippen LogP contribution >= 0.6 is 0 Å². The van der Waals surface area contributed by atoms with Gasteiger partial charge in [0.15, 0.2) is 0 Å². The van der Waals surface area contributed by atoms with Gasteiger partial charge >= 0.3 is 7.32 Å². The summed E-state index contributed by atoms with van der Waals surface area (Å²) in [5.41, 5.74) is 4.93. The Balaban J connectivity index is 1.85. The summed E-state index contributed by atoms with van der Waals surface area (Å²) in [6, 6.07) is 5.68. The van der Waals surface area contributed by atoms with Gasteiger partial charge in [0.1, 0.15) is 0 Å². The molecule has 0 saturated heterocycles. The Labute approximate surface area is 146 Å². The fraction of sp³-hybridized carbons (Fsp3) is 0.400. The summed E-state index contributed by atoms with van der Waals surface area (Å²) >= 11 is 0.